The highest BCUT2D eigenvalue weighted by Gasteiger charge is 2.18. The van der Waals surface area contributed by atoms with Crippen LogP contribution in [0.15, 0.2) is 24.3 Å². The van der Waals surface area contributed by atoms with E-state index < -0.39 is 6.09 Å². The summed E-state index contributed by atoms with van der Waals surface area (Å²) >= 11 is 1.54. The topological polar surface area (TPSA) is 80.3 Å². The van der Waals surface area contributed by atoms with Gasteiger partial charge in [0.15, 0.2) is 5.13 Å². The van der Waals surface area contributed by atoms with E-state index in [0.717, 1.165) is 25.0 Å². The Morgan fingerprint density at radius 2 is 1.95 bits per heavy atom. The molecule has 2 amide bonds. The molecule has 0 radical (unpaired) electrons. The molecule has 0 fully saturated rings. The predicted octanol–water partition coefficient (Wildman–Crippen LogP) is 3.06. The number of carbonyl (C=O) groups excluding carboxylic acids is 2. The van der Waals surface area contributed by atoms with Crippen molar-refractivity contribution in [3.8, 4) is 0 Å². The molecule has 0 bridgehead atoms. The van der Waals surface area contributed by atoms with E-state index in [1.54, 1.807) is 35.6 Å². The van der Waals surface area contributed by atoms with Crippen molar-refractivity contribution in [2.75, 3.05) is 17.7 Å². The average Bonchev–Trinajstić information content (AvgIpc) is 3.09. The quantitative estimate of drug-likeness (QED) is 0.911. The highest BCUT2D eigenvalue weighted by Crippen LogP contribution is 2.30. The Labute approximate surface area is 131 Å². The van der Waals surface area contributed by atoms with Gasteiger partial charge in [-0.05, 0) is 43.5 Å². The summed E-state index contributed by atoms with van der Waals surface area (Å²) in [5, 5.41) is 5.99. The number of ether oxygens (including phenoxy) is 1. The molecule has 2 aromatic rings. The van der Waals surface area contributed by atoms with Crippen LogP contribution < -0.4 is 10.6 Å². The molecule has 0 saturated carbocycles. The molecule has 7 heteroatoms. The number of hydrogen-bond donors (Lipinski definition) is 2. The Bertz CT molecular complexity index is 688. The first-order valence-corrected chi connectivity index (χ1v) is 7.72. The lowest BCUT2D eigenvalue weighted by molar-refractivity contribution is 0.102. The van der Waals surface area contributed by atoms with Gasteiger partial charge in [0.2, 0.25) is 0 Å². The van der Waals surface area contributed by atoms with Crippen LogP contribution in [0.4, 0.5) is 15.6 Å². The molecule has 22 heavy (non-hydrogen) atoms. The van der Waals surface area contributed by atoms with Gasteiger partial charge in [-0.1, -0.05) is 0 Å². The largest absolute Gasteiger partial charge is 0.453 e. The van der Waals surface area contributed by atoms with Crippen LogP contribution in [-0.2, 0) is 17.6 Å². The average molecular weight is 317 g/mol. The Morgan fingerprint density at radius 3 is 2.64 bits per heavy atom. The molecule has 6 nitrogen and oxygen atoms in total. The first-order valence-electron chi connectivity index (χ1n) is 6.90. The Kier molecular flexibility index (Phi) is 4.06. The molecule has 0 unspecified atom stereocenters. The number of nitrogens with one attached hydrogen (secondary N) is 2. The molecule has 1 aromatic heterocycles. The SMILES string of the molecule is COC(=O)Nc1ccc(C(=O)Nc2nc3c(s2)CCC3)cc1. The van der Waals surface area contributed by atoms with E-state index in [4.69, 9.17) is 0 Å². The van der Waals surface area contributed by atoms with E-state index in [-0.39, 0.29) is 5.91 Å². The van der Waals surface area contributed by atoms with E-state index in [1.807, 2.05) is 0 Å². The van der Waals surface area contributed by atoms with Gasteiger partial charge in [-0.3, -0.25) is 15.4 Å². The molecular formula is C15H15N3O3S. The zero-order valence-corrected chi connectivity index (χ0v) is 12.8. The second-order valence-electron chi connectivity index (χ2n) is 4.89. The Morgan fingerprint density at radius 1 is 1.18 bits per heavy atom. The van der Waals surface area contributed by atoms with Crippen molar-refractivity contribution in [2.45, 2.75) is 19.3 Å². The summed E-state index contributed by atoms with van der Waals surface area (Å²) in [4.78, 5) is 29.0. The van der Waals surface area contributed by atoms with E-state index in [1.165, 1.54) is 12.0 Å². The normalized spacial score (nSPS) is 12.6. The molecule has 0 atom stereocenters. The maximum Gasteiger partial charge on any atom is 0.411 e. The molecule has 0 aliphatic heterocycles. The van der Waals surface area contributed by atoms with Gasteiger partial charge in [-0.25, -0.2) is 9.78 Å². The lowest BCUT2D eigenvalue weighted by Gasteiger charge is -2.05. The number of anilines is 2. The molecule has 0 saturated heterocycles. The molecule has 114 valence electrons. The van der Waals surface area contributed by atoms with E-state index in [9.17, 15) is 9.59 Å². The van der Waals surface area contributed by atoms with Crippen molar-refractivity contribution >= 4 is 34.2 Å². The van der Waals surface area contributed by atoms with Crippen molar-refractivity contribution in [2.24, 2.45) is 0 Å². The summed E-state index contributed by atoms with van der Waals surface area (Å²) in [7, 11) is 1.29. The van der Waals surface area contributed by atoms with Gasteiger partial charge in [0.1, 0.15) is 0 Å². The van der Waals surface area contributed by atoms with Gasteiger partial charge in [0.25, 0.3) is 5.91 Å². The van der Waals surface area contributed by atoms with E-state index in [2.05, 4.69) is 20.4 Å². The fraction of sp³-hybridized carbons (Fsp3) is 0.267. The number of aryl methyl sites for hydroxylation is 2. The fourth-order valence-electron chi connectivity index (χ4n) is 2.29. The van der Waals surface area contributed by atoms with Crippen LogP contribution >= 0.6 is 11.3 Å². The predicted molar refractivity (Wildman–Crippen MR) is 84.6 cm³/mol. The summed E-state index contributed by atoms with van der Waals surface area (Å²) in [6.45, 7) is 0. The number of amides is 2. The number of fused-ring (bicyclic) bond motifs is 1. The third-order valence-electron chi connectivity index (χ3n) is 3.40. The van der Waals surface area contributed by atoms with Crippen LogP contribution in [0, 0.1) is 0 Å². The summed E-state index contributed by atoms with van der Waals surface area (Å²) in [5.74, 6) is -0.211. The number of nitrogens with zero attached hydrogens (tertiary/aromatic N) is 1. The summed E-state index contributed by atoms with van der Waals surface area (Å²) < 4.78 is 4.50. The lowest BCUT2D eigenvalue weighted by atomic mass is 10.2. The molecule has 1 heterocycles. The number of carbonyl (C=O) groups is 2. The number of aromatic nitrogens is 1. The molecule has 1 aliphatic carbocycles. The van der Waals surface area contributed by atoms with Crippen LogP contribution in [0.5, 0.6) is 0 Å². The number of benzene rings is 1. The number of hydrogen-bond acceptors (Lipinski definition) is 5. The Balaban J connectivity index is 1.65. The zero-order valence-electron chi connectivity index (χ0n) is 12.0. The van der Waals surface area contributed by atoms with Crippen molar-refractivity contribution < 1.29 is 14.3 Å². The number of thiazole rings is 1. The summed E-state index contributed by atoms with van der Waals surface area (Å²) in [6, 6.07) is 6.57. The van der Waals surface area contributed by atoms with Crippen LogP contribution in [0.3, 0.4) is 0 Å². The smallest absolute Gasteiger partial charge is 0.411 e. The van der Waals surface area contributed by atoms with E-state index in [0.29, 0.717) is 16.4 Å². The monoisotopic (exact) mass is 317 g/mol. The van der Waals surface area contributed by atoms with Gasteiger partial charge >= 0.3 is 6.09 Å². The third-order valence-corrected chi connectivity index (χ3v) is 4.47. The maximum absolute atomic E-state index is 12.2. The molecular weight excluding hydrogens is 302 g/mol. The van der Waals surface area contributed by atoms with Crippen LogP contribution in [0.25, 0.3) is 0 Å². The molecule has 3 rings (SSSR count). The van der Waals surface area contributed by atoms with Gasteiger partial charge < -0.3 is 4.74 Å². The van der Waals surface area contributed by atoms with Crippen LogP contribution in [-0.4, -0.2) is 24.1 Å². The zero-order chi connectivity index (χ0) is 15.5. The second-order valence-corrected chi connectivity index (χ2v) is 5.97. The first-order chi connectivity index (χ1) is 10.7. The summed E-state index contributed by atoms with van der Waals surface area (Å²) in [6.07, 6.45) is 2.65. The lowest BCUT2D eigenvalue weighted by Crippen LogP contribution is -2.13. The van der Waals surface area contributed by atoms with Crippen molar-refractivity contribution in [1.82, 2.24) is 4.98 Å². The number of rotatable bonds is 3. The van der Waals surface area contributed by atoms with Crippen LogP contribution in [0.2, 0.25) is 0 Å². The Hall–Kier alpha value is -2.41. The van der Waals surface area contributed by atoms with E-state index >= 15 is 0 Å². The standard InChI is InChI=1S/C15H15N3O3S/c1-21-15(20)16-10-7-5-9(6-8-10)13(19)18-14-17-11-3-2-4-12(11)22-14/h5-8H,2-4H2,1H3,(H,16,20)(H,17,18,19). The van der Waals surface area contributed by atoms with Gasteiger partial charge in [0, 0.05) is 16.1 Å². The van der Waals surface area contributed by atoms with Gasteiger partial charge in [-0.2, -0.15) is 0 Å². The second kappa shape index (κ2) is 6.15. The first kappa shape index (κ1) is 14.5. The number of methoxy groups -OCH3 is 1. The fourth-order valence-corrected chi connectivity index (χ4v) is 3.33. The molecule has 0 spiro atoms. The van der Waals surface area contributed by atoms with Crippen LogP contribution in [0.1, 0.15) is 27.3 Å². The van der Waals surface area contributed by atoms with Crippen molar-refractivity contribution in [1.29, 1.82) is 0 Å². The minimum absolute atomic E-state index is 0.211. The molecule has 1 aromatic carbocycles. The molecule has 1 aliphatic rings. The van der Waals surface area contributed by atoms with Gasteiger partial charge in [-0.15, -0.1) is 11.3 Å². The highest BCUT2D eigenvalue weighted by molar-refractivity contribution is 7.15. The maximum atomic E-state index is 12.2. The molecule has 2 N–H and O–H groups in total. The minimum atomic E-state index is -0.547. The third kappa shape index (κ3) is 3.09. The van der Waals surface area contributed by atoms with Crippen molar-refractivity contribution in [3.63, 3.8) is 0 Å². The van der Waals surface area contributed by atoms with Crippen molar-refractivity contribution in [3.05, 3.63) is 40.4 Å². The summed E-state index contributed by atoms with van der Waals surface area (Å²) in [5.41, 5.74) is 2.18. The highest BCUT2D eigenvalue weighted by atomic mass is 32.1. The minimum Gasteiger partial charge on any atom is -0.453 e. The van der Waals surface area contributed by atoms with Gasteiger partial charge in [0.05, 0.1) is 12.8 Å².